The Labute approximate surface area is 142 Å². The highest BCUT2D eigenvalue weighted by Gasteiger charge is 2.19. The van der Waals surface area contributed by atoms with Gasteiger partial charge in [0, 0.05) is 0 Å². The Bertz CT molecular complexity index is 779. The van der Waals surface area contributed by atoms with Crippen LogP contribution in [0.2, 0.25) is 0 Å². The number of hydrogen-bond acceptors (Lipinski definition) is 5. The molecule has 0 unspecified atom stereocenters. The molecule has 0 heterocycles. The van der Waals surface area contributed by atoms with Crippen LogP contribution in [-0.4, -0.2) is 32.7 Å². The number of nitrogens with one attached hydrogen (secondary N) is 1. The highest BCUT2D eigenvalue weighted by molar-refractivity contribution is 6.09. The van der Waals surface area contributed by atoms with Crippen molar-refractivity contribution in [3.05, 3.63) is 53.6 Å². The van der Waals surface area contributed by atoms with E-state index in [0.717, 1.165) is 0 Å². The van der Waals surface area contributed by atoms with E-state index in [1.165, 1.54) is 56.7 Å². The topological polar surface area (TPSA) is 73.9 Å². The average Bonchev–Trinajstić information content (AvgIpc) is 2.61. The summed E-state index contributed by atoms with van der Waals surface area (Å²) in [5.74, 6) is -1.29. The number of anilines is 1. The molecule has 1 N–H and O–H groups in total. The number of carbonyl (C=O) groups excluding carboxylic acids is 2. The maximum absolute atomic E-state index is 12.5. The van der Waals surface area contributed by atoms with E-state index in [1.54, 1.807) is 0 Å². The van der Waals surface area contributed by atoms with Crippen molar-refractivity contribution in [1.29, 1.82) is 0 Å². The maximum atomic E-state index is 12.5. The SMILES string of the molecule is COC(=O)c1cc(OC)ccc1NC(=O)c1ccccc1OC(F)F. The lowest BCUT2D eigenvalue weighted by molar-refractivity contribution is -0.0501. The fraction of sp³-hybridized carbons (Fsp3) is 0.176. The highest BCUT2D eigenvalue weighted by Crippen LogP contribution is 2.26. The molecule has 0 aromatic heterocycles. The van der Waals surface area contributed by atoms with Gasteiger partial charge in [-0.1, -0.05) is 12.1 Å². The molecular formula is C17H15F2NO5. The lowest BCUT2D eigenvalue weighted by Crippen LogP contribution is -2.17. The van der Waals surface area contributed by atoms with Crippen LogP contribution in [0, 0.1) is 0 Å². The first-order valence-corrected chi connectivity index (χ1v) is 7.07. The van der Waals surface area contributed by atoms with E-state index in [9.17, 15) is 18.4 Å². The van der Waals surface area contributed by atoms with Gasteiger partial charge < -0.3 is 19.5 Å². The molecule has 0 aliphatic heterocycles. The van der Waals surface area contributed by atoms with Gasteiger partial charge in [-0.3, -0.25) is 4.79 Å². The van der Waals surface area contributed by atoms with Crippen molar-refractivity contribution >= 4 is 17.6 Å². The number of ether oxygens (including phenoxy) is 3. The first kappa shape index (κ1) is 18.2. The van der Waals surface area contributed by atoms with Crippen LogP contribution in [0.25, 0.3) is 0 Å². The Balaban J connectivity index is 2.34. The van der Waals surface area contributed by atoms with Gasteiger partial charge in [-0.25, -0.2) is 4.79 Å². The number of rotatable bonds is 6. The third-order valence-corrected chi connectivity index (χ3v) is 3.23. The van der Waals surface area contributed by atoms with E-state index in [2.05, 4.69) is 14.8 Å². The second-order valence-corrected chi connectivity index (χ2v) is 4.73. The van der Waals surface area contributed by atoms with Gasteiger partial charge in [0.05, 0.1) is 31.0 Å². The quantitative estimate of drug-likeness (QED) is 0.808. The summed E-state index contributed by atoms with van der Waals surface area (Å²) in [4.78, 5) is 24.3. The lowest BCUT2D eigenvalue weighted by Gasteiger charge is -2.13. The Morgan fingerprint density at radius 1 is 1.04 bits per heavy atom. The molecule has 0 saturated carbocycles. The summed E-state index contributed by atoms with van der Waals surface area (Å²) in [6, 6.07) is 9.90. The molecule has 25 heavy (non-hydrogen) atoms. The van der Waals surface area contributed by atoms with Gasteiger partial charge in [-0.05, 0) is 30.3 Å². The standard InChI is InChI=1S/C17H15F2NO5/c1-23-10-7-8-13(12(9-10)16(22)24-2)20-15(21)11-5-3-4-6-14(11)25-17(18)19/h3-9,17H,1-2H3,(H,20,21). The second-order valence-electron chi connectivity index (χ2n) is 4.73. The molecule has 0 saturated heterocycles. The van der Waals surface area contributed by atoms with Gasteiger partial charge in [-0.15, -0.1) is 0 Å². The van der Waals surface area contributed by atoms with Gasteiger partial charge in [0.1, 0.15) is 11.5 Å². The third-order valence-electron chi connectivity index (χ3n) is 3.23. The molecule has 0 bridgehead atoms. The van der Waals surface area contributed by atoms with Crippen LogP contribution < -0.4 is 14.8 Å². The monoisotopic (exact) mass is 351 g/mol. The number of para-hydroxylation sites is 1. The molecule has 2 aromatic rings. The summed E-state index contributed by atoms with van der Waals surface area (Å²) in [5, 5.41) is 2.49. The predicted molar refractivity (Wildman–Crippen MR) is 85.4 cm³/mol. The Hall–Kier alpha value is -3.16. The molecule has 0 radical (unpaired) electrons. The number of esters is 1. The first-order valence-electron chi connectivity index (χ1n) is 7.07. The average molecular weight is 351 g/mol. The molecule has 0 aliphatic carbocycles. The van der Waals surface area contributed by atoms with E-state index in [0.29, 0.717) is 5.75 Å². The van der Waals surface area contributed by atoms with Gasteiger partial charge in [0.15, 0.2) is 0 Å². The van der Waals surface area contributed by atoms with E-state index >= 15 is 0 Å². The summed E-state index contributed by atoms with van der Waals surface area (Å²) in [7, 11) is 2.62. The Morgan fingerprint density at radius 2 is 1.76 bits per heavy atom. The predicted octanol–water partition coefficient (Wildman–Crippen LogP) is 3.34. The number of amides is 1. The van der Waals surface area contributed by atoms with Gasteiger partial charge in [0.25, 0.3) is 5.91 Å². The third kappa shape index (κ3) is 4.43. The van der Waals surface area contributed by atoms with E-state index in [1.807, 2.05) is 0 Å². The van der Waals surface area contributed by atoms with Crippen molar-refractivity contribution in [1.82, 2.24) is 0 Å². The molecule has 0 spiro atoms. The van der Waals surface area contributed by atoms with E-state index < -0.39 is 18.5 Å². The number of methoxy groups -OCH3 is 2. The zero-order valence-corrected chi connectivity index (χ0v) is 13.4. The van der Waals surface area contributed by atoms with Crippen LogP contribution in [0.5, 0.6) is 11.5 Å². The van der Waals surface area contributed by atoms with Crippen LogP contribution in [-0.2, 0) is 4.74 Å². The van der Waals surface area contributed by atoms with Crippen LogP contribution >= 0.6 is 0 Å². The maximum Gasteiger partial charge on any atom is 0.387 e. The van der Waals surface area contributed by atoms with Crippen molar-refractivity contribution in [2.75, 3.05) is 19.5 Å². The van der Waals surface area contributed by atoms with Crippen molar-refractivity contribution in [3.63, 3.8) is 0 Å². The number of hydrogen-bond donors (Lipinski definition) is 1. The second kappa shape index (κ2) is 8.09. The lowest BCUT2D eigenvalue weighted by atomic mass is 10.1. The fourth-order valence-corrected chi connectivity index (χ4v) is 2.08. The van der Waals surface area contributed by atoms with Crippen molar-refractivity contribution < 1.29 is 32.6 Å². The minimum atomic E-state index is -3.07. The summed E-state index contributed by atoms with van der Waals surface area (Å²) >= 11 is 0. The minimum absolute atomic E-state index is 0.0578. The molecule has 1 amide bonds. The molecule has 6 nitrogen and oxygen atoms in total. The Morgan fingerprint density at radius 3 is 2.40 bits per heavy atom. The number of alkyl halides is 2. The van der Waals surface area contributed by atoms with Gasteiger partial charge in [-0.2, -0.15) is 8.78 Å². The summed E-state index contributed by atoms with van der Waals surface area (Å²) in [6.45, 7) is -3.07. The zero-order valence-electron chi connectivity index (χ0n) is 13.4. The van der Waals surface area contributed by atoms with Crippen LogP contribution in [0.1, 0.15) is 20.7 Å². The van der Waals surface area contributed by atoms with Gasteiger partial charge >= 0.3 is 12.6 Å². The molecule has 2 aromatic carbocycles. The van der Waals surface area contributed by atoms with Crippen LogP contribution in [0.4, 0.5) is 14.5 Å². The van der Waals surface area contributed by atoms with Gasteiger partial charge in [0.2, 0.25) is 0 Å². The minimum Gasteiger partial charge on any atom is -0.497 e. The number of halogens is 2. The van der Waals surface area contributed by atoms with E-state index in [4.69, 9.17) is 4.74 Å². The molecule has 0 fully saturated rings. The summed E-state index contributed by atoms with van der Waals surface area (Å²) in [6.07, 6.45) is 0. The van der Waals surface area contributed by atoms with Crippen molar-refractivity contribution in [2.45, 2.75) is 6.61 Å². The first-order chi connectivity index (χ1) is 12.0. The highest BCUT2D eigenvalue weighted by atomic mass is 19.3. The van der Waals surface area contributed by atoms with E-state index in [-0.39, 0.29) is 22.6 Å². The molecule has 132 valence electrons. The fourth-order valence-electron chi connectivity index (χ4n) is 2.08. The normalized spacial score (nSPS) is 10.3. The largest absolute Gasteiger partial charge is 0.497 e. The molecular weight excluding hydrogens is 336 g/mol. The summed E-state index contributed by atoms with van der Waals surface area (Å²) < 4.78 is 39.0. The van der Waals surface area contributed by atoms with Crippen LogP contribution in [0.3, 0.4) is 0 Å². The molecule has 0 aliphatic rings. The van der Waals surface area contributed by atoms with Crippen LogP contribution in [0.15, 0.2) is 42.5 Å². The zero-order chi connectivity index (χ0) is 18.4. The smallest absolute Gasteiger partial charge is 0.387 e. The molecule has 8 heteroatoms. The number of benzene rings is 2. The number of carbonyl (C=O) groups is 2. The van der Waals surface area contributed by atoms with Crippen molar-refractivity contribution in [2.24, 2.45) is 0 Å². The summed E-state index contributed by atoms with van der Waals surface area (Å²) in [5.41, 5.74) is 0.0985. The molecule has 0 atom stereocenters. The Kier molecular flexibility index (Phi) is 5.89. The van der Waals surface area contributed by atoms with Crippen molar-refractivity contribution in [3.8, 4) is 11.5 Å². The molecule has 2 rings (SSSR count).